The molecule has 0 saturated heterocycles. The third-order valence-corrected chi connectivity index (χ3v) is 1.83. The van der Waals surface area contributed by atoms with Gasteiger partial charge in [-0.15, -0.1) is 11.8 Å². The fraction of sp³-hybridized carbons (Fsp3) is 0.571. The number of thioether (sulfide) groups is 1. The average molecular weight is 157 g/mol. The molecule has 2 nitrogen and oxygen atoms in total. The number of rotatable bonds is 4. The standard InChI is InChI=1S/C7H11NOS/c1-2-7(5-8)6-10-4-3-9/h6,9H,2-4H2,1H3. The lowest BCUT2D eigenvalue weighted by Gasteiger charge is -1.90. The molecule has 0 aromatic rings. The molecule has 3 heteroatoms. The molecular formula is C7H11NOS. The summed E-state index contributed by atoms with van der Waals surface area (Å²) in [7, 11) is 0. The number of nitriles is 1. The number of allylic oxidation sites excluding steroid dienone is 1. The Morgan fingerprint density at radius 2 is 2.50 bits per heavy atom. The van der Waals surface area contributed by atoms with Crippen LogP contribution < -0.4 is 0 Å². The van der Waals surface area contributed by atoms with Crippen molar-refractivity contribution < 1.29 is 5.11 Å². The highest BCUT2D eigenvalue weighted by Gasteiger charge is 1.88. The lowest BCUT2D eigenvalue weighted by atomic mass is 10.3. The predicted molar refractivity (Wildman–Crippen MR) is 43.5 cm³/mol. The van der Waals surface area contributed by atoms with E-state index in [1.807, 2.05) is 6.92 Å². The number of aliphatic hydroxyl groups excluding tert-OH is 1. The lowest BCUT2D eigenvalue weighted by Crippen LogP contribution is -1.83. The van der Waals surface area contributed by atoms with Crippen LogP contribution in [0.3, 0.4) is 0 Å². The van der Waals surface area contributed by atoms with Crippen LogP contribution in [0.2, 0.25) is 0 Å². The van der Waals surface area contributed by atoms with Crippen LogP contribution in [0.5, 0.6) is 0 Å². The van der Waals surface area contributed by atoms with Crippen molar-refractivity contribution in [2.24, 2.45) is 0 Å². The molecule has 0 amide bonds. The zero-order chi connectivity index (χ0) is 7.82. The summed E-state index contributed by atoms with van der Waals surface area (Å²) in [6, 6.07) is 2.07. The number of nitrogens with zero attached hydrogens (tertiary/aromatic N) is 1. The van der Waals surface area contributed by atoms with Crippen LogP contribution >= 0.6 is 11.8 Å². The predicted octanol–water partition coefficient (Wildman–Crippen LogP) is 1.53. The Morgan fingerprint density at radius 3 is 2.90 bits per heavy atom. The normalized spacial score (nSPS) is 11.1. The van der Waals surface area contributed by atoms with E-state index >= 15 is 0 Å². The molecule has 0 spiro atoms. The van der Waals surface area contributed by atoms with Crippen LogP contribution in [-0.4, -0.2) is 17.5 Å². The first-order valence-corrected chi connectivity index (χ1v) is 4.21. The Hall–Kier alpha value is -0.460. The maximum absolute atomic E-state index is 8.43. The molecular weight excluding hydrogens is 146 g/mol. The van der Waals surface area contributed by atoms with Gasteiger partial charge in [-0.25, -0.2) is 0 Å². The molecule has 0 aliphatic rings. The van der Waals surface area contributed by atoms with Gasteiger partial charge in [0.2, 0.25) is 0 Å². The first kappa shape index (κ1) is 9.54. The third kappa shape index (κ3) is 4.42. The van der Waals surface area contributed by atoms with Gasteiger partial charge in [-0.1, -0.05) is 6.92 Å². The van der Waals surface area contributed by atoms with E-state index in [2.05, 4.69) is 6.07 Å². The molecule has 0 atom stereocenters. The molecule has 0 aromatic heterocycles. The van der Waals surface area contributed by atoms with Gasteiger partial charge in [0, 0.05) is 11.3 Å². The minimum Gasteiger partial charge on any atom is -0.396 e. The second-order valence-corrected chi connectivity index (χ2v) is 2.68. The Bertz CT molecular complexity index is 148. The second kappa shape index (κ2) is 6.66. The highest BCUT2D eigenvalue weighted by molar-refractivity contribution is 8.02. The molecule has 0 heterocycles. The van der Waals surface area contributed by atoms with E-state index < -0.39 is 0 Å². The van der Waals surface area contributed by atoms with Gasteiger partial charge in [0.15, 0.2) is 0 Å². The highest BCUT2D eigenvalue weighted by atomic mass is 32.2. The topological polar surface area (TPSA) is 44.0 Å². The van der Waals surface area contributed by atoms with Crippen molar-refractivity contribution >= 4 is 11.8 Å². The quantitative estimate of drug-likeness (QED) is 0.497. The molecule has 0 aromatic carbocycles. The van der Waals surface area contributed by atoms with E-state index in [1.165, 1.54) is 11.8 Å². The zero-order valence-electron chi connectivity index (χ0n) is 6.00. The van der Waals surface area contributed by atoms with Crippen molar-refractivity contribution in [2.75, 3.05) is 12.4 Å². The summed E-state index contributed by atoms with van der Waals surface area (Å²) < 4.78 is 0. The van der Waals surface area contributed by atoms with Crippen LogP contribution in [-0.2, 0) is 0 Å². The van der Waals surface area contributed by atoms with Crippen molar-refractivity contribution in [1.29, 1.82) is 5.26 Å². The van der Waals surface area contributed by atoms with Crippen LogP contribution in [0.15, 0.2) is 11.0 Å². The number of hydrogen-bond donors (Lipinski definition) is 1. The summed E-state index contributed by atoms with van der Waals surface area (Å²) >= 11 is 1.48. The summed E-state index contributed by atoms with van der Waals surface area (Å²) in [6.07, 6.45) is 0.773. The smallest absolute Gasteiger partial charge is 0.0952 e. The van der Waals surface area contributed by atoms with Crippen molar-refractivity contribution in [3.05, 3.63) is 11.0 Å². The summed E-state index contributed by atoms with van der Waals surface area (Å²) in [5.74, 6) is 0.672. The molecule has 0 fully saturated rings. The fourth-order valence-electron chi connectivity index (χ4n) is 0.401. The Kier molecular flexibility index (Phi) is 6.35. The maximum atomic E-state index is 8.43. The average Bonchev–Trinajstić information content (AvgIpc) is 1.99. The monoisotopic (exact) mass is 157 g/mol. The molecule has 56 valence electrons. The van der Waals surface area contributed by atoms with Gasteiger partial charge in [-0.05, 0) is 11.8 Å². The molecule has 0 unspecified atom stereocenters. The first-order chi connectivity index (χ1) is 4.85. The molecule has 0 rings (SSSR count). The largest absolute Gasteiger partial charge is 0.396 e. The highest BCUT2D eigenvalue weighted by Crippen LogP contribution is 2.08. The molecule has 0 aliphatic heterocycles. The van der Waals surface area contributed by atoms with Crippen LogP contribution in [0.25, 0.3) is 0 Å². The van der Waals surface area contributed by atoms with Crippen molar-refractivity contribution in [3.63, 3.8) is 0 Å². The minimum absolute atomic E-state index is 0.170. The number of aliphatic hydroxyl groups is 1. The zero-order valence-corrected chi connectivity index (χ0v) is 6.82. The van der Waals surface area contributed by atoms with Crippen LogP contribution in [0.1, 0.15) is 13.3 Å². The fourth-order valence-corrected chi connectivity index (χ4v) is 1.04. The van der Waals surface area contributed by atoms with Gasteiger partial charge >= 0.3 is 0 Å². The van der Waals surface area contributed by atoms with Crippen LogP contribution in [0, 0.1) is 11.3 Å². The maximum Gasteiger partial charge on any atom is 0.0952 e. The van der Waals surface area contributed by atoms with E-state index in [1.54, 1.807) is 5.41 Å². The Morgan fingerprint density at radius 1 is 1.80 bits per heavy atom. The summed E-state index contributed by atoms with van der Waals surface area (Å²) in [5.41, 5.74) is 0.776. The molecule has 0 aliphatic carbocycles. The molecule has 0 radical (unpaired) electrons. The minimum atomic E-state index is 0.170. The summed E-state index contributed by atoms with van der Waals surface area (Å²) in [4.78, 5) is 0. The van der Waals surface area contributed by atoms with Gasteiger partial charge in [-0.2, -0.15) is 5.26 Å². The van der Waals surface area contributed by atoms with E-state index in [0.29, 0.717) is 5.75 Å². The Balaban J connectivity index is 3.56. The Labute approximate surface area is 65.5 Å². The van der Waals surface area contributed by atoms with Crippen molar-refractivity contribution in [3.8, 4) is 6.07 Å². The van der Waals surface area contributed by atoms with Crippen molar-refractivity contribution in [1.82, 2.24) is 0 Å². The summed E-state index contributed by atoms with van der Waals surface area (Å²) in [5, 5.41) is 18.6. The lowest BCUT2D eigenvalue weighted by molar-refractivity contribution is 0.322. The van der Waals surface area contributed by atoms with Gasteiger partial charge in [-0.3, -0.25) is 0 Å². The van der Waals surface area contributed by atoms with E-state index in [-0.39, 0.29) is 6.61 Å². The van der Waals surface area contributed by atoms with Gasteiger partial charge in [0.05, 0.1) is 12.7 Å². The third-order valence-electron chi connectivity index (χ3n) is 0.959. The van der Waals surface area contributed by atoms with Gasteiger partial charge < -0.3 is 5.11 Å². The van der Waals surface area contributed by atoms with E-state index in [0.717, 1.165) is 12.0 Å². The first-order valence-electron chi connectivity index (χ1n) is 3.16. The second-order valence-electron chi connectivity index (χ2n) is 1.70. The van der Waals surface area contributed by atoms with Gasteiger partial charge in [0.1, 0.15) is 0 Å². The van der Waals surface area contributed by atoms with E-state index in [4.69, 9.17) is 10.4 Å². The van der Waals surface area contributed by atoms with Crippen molar-refractivity contribution in [2.45, 2.75) is 13.3 Å². The number of hydrogen-bond acceptors (Lipinski definition) is 3. The van der Waals surface area contributed by atoms with Gasteiger partial charge in [0.25, 0.3) is 0 Å². The molecule has 0 bridgehead atoms. The van der Waals surface area contributed by atoms with E-state index in [9.17, 15) is 0 Å². The molecule has 0 saturated carbocycles. The molecule has 10 heavy (non-hydrogen) atoms. The van der Waals surface area contributed by atoms with Crippen LogP contribution in [0.4, 0.5) is 0 Å². The SMILES string of the molecule is CCC(C#N)=CSCCO. The molecule has 1 N–H and O–H groups in total. The summed E-state index contributed by atoms with van der Waals surface area (Å²) in [6.45, 7) is 2.11.